The fraction of sp³-hybridized carbons (Fsp3) is 0.133. The van der Waals surface area contributed by atoms with Crippen LogP contribution in [0.15, 0.2) is 57.5 Å². The monoisotopic (exact) mass is 396 g/mol. The van der Waals surface area contributed by atoms with Gasteiger partial charge in [-0.2, -0.15) is 0 Å². The first-order valence-corrected chi connectivity index (χ1v) is 7.61. The minimum atomic E-state index is -0.992. The van der Waals surface area contributed by atoms with Crippen LogP contribution in [0.2, 0.25) is 0 Å². The van der Waals surface area contributed by atoms with Crippen LogP contribution in [-0.2, 0) is 10.3 Å². The largest absolute Gasteiger partial charge is 0.367 e. The number of carbonyl (C=O) groups is 1. The van der Waals surface area contributed by atoms with Crippen LogP contribution in [0.1, 0.15) is 12.5 Å². The van der Waals surface area contributed by atoms with Gasteiger partial charge >= 0.3 is 0 Å². The number of primary amides is 1. The highest BCUT2D eigenvalue weighted by molar-refractivity contribution is 9.10. The SMILES string of the molecule is CC(Nc1ccccc1Br)(C(N)=O)c1cccc(Br)c1. The Balaban J connectivity index is 2.46. The van der Waals surface area contributed by atoms with Crippen molar-refractivity contribution in [2.75, 3.05) is 5.32 Å². The molecule has 0 fully saturated rings. The van der Waals surface area contributed by atoms with Crippen LogP contribution >= 0.6 is 31.9 Å². The number of anilines is 1. The van der Waals surface area contributed by atoms with Gasteiger partial charge in [-0.15, -0.1) is 0 Å². The number of hydrogen-bond donors (Lipinski definition) is 2. The molecular weight excluding hydrogens is 384 g/mol. The zero-order valence-corrected chi connectivity index (χ0v) is 14.0. The predicted octanol–water partition coefficient (Wildman–Crippen LogP) is 4.02. The number of benzene rings is 2. The van der Waals surface area contributed by atoms with Crippen molar-refractivity contribution >= 4 is 43.5 Å². The number of nitrogens with one attached hydrogen (secondary N) is 1. The average molecular weight is 398 g/mol. The third kappa shape index (κ3) is 3.04. The Bertz CT molecular complexity index is 645. The number of rotatable bonds is 4. The normalized spacial score (nSPS) is 13.6. The molecule has 0 aromatic heterocycles. The van der Waals surface area contributed by atoms with E-state index in [9.17, 15) is 4.79 Å². The maximum Gasteiger partial charge on any atom is 0.247 e. The Kier molecular flexibility index (Phi) is 4.50. The van der Waals surface area contributed by atoms with E-state index in [1.165, 1.54) is 0 Å². The van der Waals surface area contributed by atoms with E-state index in [-0.39, 0.29) is 0 Å². The van der Waals surface area contributed by atoms with Crippen molar-refractivity contribution in [1.82, 2.24) is 0 Å². The molecule has 1 atom stereocenters. The molecule has 0 bridgehead atoms. The quantitative estimate of drug-likeness (QED) is 0.818. The van der Waals surface area contributed by atoms with Crippen molar-refractivity contribution in [2.24, 2.45) is 5.73 Å². The van der Waals surface area contributed by atoms with E-state index in [1.54, 1.807) is 6.92 Å². The molecule has 0 spiro atoms. The first-order valence-electron chi connectivity index (χ1n) is 6.02. The molecule has 2 aromatic rings. The van der Waals surface area contributed by atoms with Gasteiger partial charge in [0.2, 0.25) is 5.91 Å². The summed E-state index contributed by atoms with van der Waals surface area (Å²) in [6.45, 7) is 1.77. The molecule has 3 N–H and O–H groups in total. The molecule has 1 amide bonds. The molecule has 20 heavy (non-hydrogen) atoms. The molecule has 0 saturated carbocycles. The predicted molar refractivity (Wildman–Crippen MR) is 88.5 cm³/mol. The summed E-state index contributed by atoms with van der Waals surface area (Å²) in [5.74, 6) is -0.439. The van der Waals surface area contributed by atoms with E-state index in [0.29, 0.717) is 0 Å². The fourth-order valence-corrected chi connectivity index (χ4v) is 2.69. The summed E-state index contributed by atoms with van der Waals surface area (Å²) < 4.78 is 1.78. The first kappa shape index (κ1) is 15.1. The second-order valence-electron chi connectivity index (χ2n) is 4.60. The zero-order valence-electron chi connectivity index (χ0n) is 10.9. The number of halogens is 2. The second-order valence-corrected chi connectivity index (χ2v) is 6.37. The van der Waals surface area contributed by atoms with Crippen LogP contribution in [0.4, 0.5) is 5.69 Å². The van der Waals surface area contributed by atoms with Crippen LogP contribution in [0.5, 0.6) is 0 Å². The Labute approximate surface area is 134 Å². The van der Waals surface area contributed by atoms with Crippen molar-refractivity contribution < 1.29 is 4.79 Å². The van der Waals surface area contributed by atoms with Gasteiger partial charge in [0.1, 0.15) is 5.54 Å². The second kappa shape index (κ2) is 5.97. The fourth-order valence-electron chi connectivity index (χ4n) is 1.91. The lowest BCUT2D eigenvalue weighted by atomic mass is 9.91. The van der Waals surface area contributed by atoms with Crippen LogP contribution in [0.25, 0.3) is 0 Å². The van der Waals surface area contributed by atoms with Crippen molar-refractivity contribution in [3.05, 3.63) is 63.0 Å². The molecule has 0 radical (unpaired) electrons. The molecule has 5 heteroatoms. The summed E-state index contributed by atoms with van der Waals surface area (Å²) >= 11 is 6.88. The summed E-state index contributed by atoms with van der Waals surface area (Å²) in [6, 6.07) is 15.2. The number of nitrogens with two attached hydrogens (primary N) is 1. The first-order chi connectivity index (χ1) is 9.43. The summed E-state index contributed by atoms with van der Waals surface area (Å²) in [5, 5.41) is 3.22. The maximum atomic E-state index is 12.0. The van der Waals surface area contributed by atoms with Gasteiger partial charge in [0.15, 0.2) is 0 Å². The van der Waals surface area contributed by atoms with Gasteiger partial charge < -0.3 is 11.1 Å². The maximum absolute atomic E-state index is 12.0. The van der Waals surface area contributed by atoms with E-state index in [4.69, 9.17) is 5.73 Å². The van der Waals surface area contributed by atoms with Crippen LogP contribution in [0, 0.1) is 0 Å². The number of para-hydroxylation sites is 1. The van der Waals surface area contributed by atoms with E-state index < -0.39 is 11.4 Å². The minimum Gasteiger partial charge on any atom is -0.367 e. The highest BCUT2D eigenvalue weighted by Gasteiger charge is 2.33. The molecule has 0 heterocycles. The van der Waals surface area contributed by atoms with Crippen molar-refractivity contribution in [1.29, 1.82) is 0 Å². The van der Waals surface area contributed by atoms with Crippen LogP contribution in [-0.4, -0.2) is 5.91 Å². The van der Waals surface area contributed by atoms with Gasteiger partial charge in [-0.25, -0.2) is 0 Å². The molecule has 0 aliphatic heterocycles. The highest BCUT2D eigenvalue weighted by atomic mass is 79.9. The van der Waals surface area contributed by atoms with Gasteiger partial charge in [0.25, 0.3) is 0 Å². The zero-order chi connectivity index (χ0) is 14.8. The summed E-state index contributed by atoms with van der Waals surface area (Å²) in [6.07, 6.45) is 0. The van der Waals surface area contributed by atoms with Gasteiger partial charge in [-0.05, 0) is 52.7 Å². The smallest absolute Gasteiger partial charge is 0.247 e. The Morgan fingerprint density at radius 2 is 1.85 bits per heavy atom. The van der Waals surface area contributed by atoms with Gasteiger partial charge in [0.05, 0.1) is 0 Å². The minimum absolute atomic E-state index is 0.439. The average Bonchev–Trinajstić information content (AvgIpc) is 2.41. The Morgan fingerprint density at radius 3 is 2.45 bits per heavy atom. The molecule has 104 valence electrons. The molecule has 0 aliphatic rings. The van der Waals surface area contributed by atoms with E-state index in [0.717, 1.165) is 20.2 Å². The lowest BCUT2D eigenvalue weighted by Gasteiger charge is -2.29. The number of amides is 1. The number of carbonyl (C=O) groups excluding carboxylic acids is 1. The third-order valence-electron chi connectivity index (χ3n) is 3.15. The van der Waals surface area contributed by atoms with Crippen LogP contribution < -0.4 is 11.1 Å². The molecule has 0 saturated heterocycles. The van der Waals surface area contributed by atoms with E-state index in [2.05, 4.69) is 37.2 Å². The lowest BCUT2D eigenvalue weighted by molar-refractivity contribution is -0.122. The molecule has 2 aromatic carbocycles. The molecule has 2 rings (SSSR count). The summed E-state index contributed by atoms with van der Waals surface area (Å²) in [4.78, 5) is 12.0. The molecule has 1 unspecified atom stereocenters. The van der Waals surface area contributed by atoms with E-state index >= 15 is 0 Å². The number of hydrogen-bond acceptors (Lipinski definition) is 2. The highest BCUT2D eigenvalue weighted by Crippen LogP contribution is 2.31. The lowest BCUT2D eigenvalue weighted by Crippen LogP contribution is -2.45. The Morgan fingerprint density at radius 1 is 1.15 bits per heavy atom. The molecule has 3 nitrogen and oxygen atoms in total. The summed E-state index contributed by atoms with van der Waals surface area (Å²) in [7, 11) is 0. The van der Waals surface area contributed by atoms with Gasteiger partial charge in [-0.3, -0.25) is 4.79 Å². The topological polar surface area (TPSA) is 55.1 Å². The van der Waals surface area contributed by atoms with Crippen molar-refractivity contribution in [3.63, 3.8) is 0 Å². The standard InChI is InChI=1S/C15H14Br2N2O/c1-15(14(18)20,10-5-4-6-11(16)9-10)19-13-8-3-2-7-12(13)17/h2-9,19H,1H3,(H2,18,20). The van der Waals surface area contributed by atoms with Crippen molar-refractivity contribution in [3.8, 4) is 0 Å². The molecule has 0 aliphatic carbocycles. The van der Waals surface area contributed by atoms with Gasteiger partial charge in [0, 0.05) is 14.6 Å². The van der Waals surface area contributed by atoms with E-state index in [1.807, 2.05) is 48.5 Å². The molecular formula is C15H14Br2N2O. The Hall–Kier alpha value is -1.33. The van der Waals surface area contributed by atoms with Crippen molar-refractivity contribution in [2.45, 2.75) is 12.5 Å². The van der Waals surface area contributed by atoms with Gasteiger partial charge in [-0.1, -0.05) is 40.2 Å². The summed E-state index contributed by atoms with van der Waals surface area (Å²) in [5.41, 5.74) is 6.24. The van der Waals surface area contributed by atoms with Crippen LogP contribution in [0.3, 0.4) is 0 Å². The third-order valence-corrected chi connectivity index (χ3v) is 4.34.